The number of pyridine rings is 2. The number of nitrogen functional groups attached to an aromatic ring is 1. The largest absolute Gasteiger partial charge is 0.495 e. The number of anilines is 1. The minimum Gasteiger partial charge on any atom is -0.495 e. The molecule has 1 atom stereocenters. The van der Waals surface area contributed by atoms with Gasteiger partial charge in [0, 0.05) is 24.4 Å². The fourth-order valence-electron chi connectivity index (χ4n) is 3.04. The number of carbonyl (C=O) groups excluding carboxylic acids is 1. The molecule has 3 N–H and O–H groups in total. The van der Waals surface area contributed by atoms with Crippen LogP contribution < -0.4 is 15.8 Å². The average molecular weight is 392 g/mol. The van der Waals surface area contributed by atoms with E-state index in [1.807, 2.05) is 43.3 Å². The molecule has 1 amide bonds. The Morgan fingerprint density at radius 3 is 2.55 bits per heavy atom. The second-order valence-electron chi connectivity index (χ2n) is 6.52. The number of carbonyl (C=O) groups is 1. The van der Waals surface area contributed by atoms with Crippen LogP contribution in [0, 0.1) is 6.92 Å². The Hall–Kier alpha value is -3.45. The van der Waals surface area contributed by atoms with Gasteiger partial charge in [0.2, 0.25) is 0 Å². The third-order valence-corrected chi connectivity index (χ3v) is 4.56. The second-order valence-corrected chi connectivity index (χ2v) is 6.52. The summed E-state index contributed by atoms with van der Waals surface area (Å²) >= 11 is 0. The second kappa shape index (κ2) is 9.16. The van der Waals surface area contributed by atoms with Crippen molar-refractivity contribution in [2.45, 2.75) is 13.0 Å². The van der Waals surface area contributed by atoms with Crippen LogP contribution in [0.4, 0.5) is 5.82 Å². The molecule has 0 aliphatic heterocycles. The highest BCUT2D eigenvalue weighted by atomic mass is 16.5. The molecular formula is C22H24N4O3. The lowest BCUT2D eigenvalue weighted by molar-refractivity contribution is 0.0894. The molecule has 3 aromatic rings. The van der Waals surface area contributed by atoms with Gasteiger partial charge < -0.3 is 20.5 Å². The number of nitrogens with two attached hydrogens (primary N) is 1. The van der Waals surface area contributed by atoms with Crippen LogP contribution in [-0.4, -0.2) is 36.7 Å². The number of benzene rings is 1. The number of aryl methyl sites for hydroxylation is 1. The van der Waals surface area contributed by atoms with Crippen molar-refractivity contribution >= 4 is 11.7 Å². The Morgan fingerprint density at radius 2 is 1.93 bits per heavy atom. The van der Waals surface area contributed by atoms with Gasteiger partial charge in [-0.2, -0.15) is 0 Å². The predicted molar refractivity (Wildman–Crippen MR) is 112 cm³/mol. The number of methoxy groups -OCH3 is 2. The number of hydrogen-bond donors (Lipinski definition) is 2. The van der Waals surface area contributed by atoms with E-state index in [0.717, 1.165) is 22.5 Å². The minimum absolute atomic E-state index is 0.211. The highest BCUT2D eigenvalue weighted by Gasteiger charge is 2.17. The van der Waals surface area contributed by atoms with Crippen LogP contribution in [0.15, 0.2) is 54.7 Å². The smallest absolute Gasteiger partial charge is 0.251 e. The first-order chi connectivity index (χ1) is 14.0. The van der Waals surface area contributed by atoms with Gasteiger partial charge in [0.1, 0.15) is 11.6 Å². The van der Waals surface area contributed by atoms with Crippen molar-refractivity contribution in [1.29, 1.82) is 0 Å². The molecule has 7 nitrogen and oxygen atoms in total. The van der Waals surface area contributed by atoms with Crippen LogP contribution in [0.25, 0.3) is 11.1 Å². The first-order valence-electron chi connectivity index (χ1n) is 9.15. The lowest BCUT2D eigenvalue weighted by Gasteiger charge is -2.17. The summed E-state index contributed by atoms with van der Waals surface area (Å²) in [6, 6.07) is 14.2. The molecule has 7 heteroatoms. The molecule has 1 unspecified atom stereocenters. The van der Waals surface area contributed by atoms with Crippen LogP contribution in [0.3, 0.4) is 0 Å². The van der Waals surface area contributed by atoms with Gasteiger partial charge in [0.25, 0.3) is 5.91 Å². The molecule has 0 spiro atoms. The van der Waals surface area contributed by atoms with E-state index in [2.05, 4.69) is 15.3 Å². The Balaban J connectivity index is 1.80. The topological polar surface area (TPSA) is 99.4 Å². The zero-order valence-electron chi connectivity index (χ0n) is 16.7. The zero-order chi connectivity index (χ0) is 20.8. The maximum absolute atomic E-state index is 12.7. The standard InChI is InChI=1S/C22H24N4O3/c1-14-20(29-3)12-17(21(23)25-14)15-7-9-16(10-8-15)22(27)26-19(13-28-2)18-6-4-5-11-24-18/h4-12,19H,13H2,1-3H3,(H2,23,25)(H,26,27). The quantitative estimate of drug-likeness (QED) is 0.641. The van der Waals surface area contributed by atoms with E-state index in [1.54, 1.807) is 32.5 Å². The SMILES string of the molecule is COCC(NC(=O)c1ccc(-c2cc(OC)c(C)nc2N)cc1)c1ccccn1. The van der Waals surface area contributed by atoms with Gasteiger partial charge >= 0.3 is 0 Å². The summed E-state index contributed by atoms with van der Waals surface area (Å²) in [6.07, 6.45) is 1.69. The molecule has 0 bridgehead atoms. The fourth-order valence-corrected chi connectivity index (χ4v) is 3.04. The monoisotopic (exact) mass is 392 g/mol. The molecular weight excluding hydrogens is 368 g/mol. The highest BCUT2D eigenvalue weighted by Crippen LogP contribution is 2.30. The molecule has 0 aliphatic carbocycles. The number of aromatic nitrogens is 2. The third kappa shape index (κ3) is 4.70. The lowest BCUT2D eigenvalue weighted by atomic mass is 10.0. The lowest BCUT2D eigenvalue weighted by Crippen LogP contribution is -2.31. The summed E-state index contributed by atoms with van der Waals surface area (Å²) in [5.74, 6) is 0.862. The predicted octanol–water partition coefficient (Wildman–Crippen LogP) is 3.16. The summed E-state index contributed by atoms with van der Waals surface area (Å²) in [7, 11) is 3.18. The van der Waals surface area contributed by atoms with Crippen molar-refractivity contribution in [3.63, 3.8) is 0 Å². The number of rotatable bonds is 7. The van der Waals surface area contributed by atoms with Gasteiger partial charge in [-0.3, -0.25) is 9.78 Å². The first-order valence-corrected chi connectivity index (χ1v) is 9.15. The van der Waals surface area contributed by atoms with Crippen molar-refractivity contribution in [2.75, 3.05) is 26.6 Å². The summed E-state index contributed by atoms with van der Waals surface area (Å²) in [4.78, 5) is 21.3. The van der Waals surface area contributed by atoms with Crippen LogP contribution in [0.5, 0.6) is 5.75 Å². The van der Waals surface area contributed by atoms with Crippen molar-refractivity contribution in [2.24, 2.45) is 0 Å². The molecule has 2 aromatic heterocycles. The van der Waals surface area contributed by atoms with E-state index in [0.29, 0.717) is 23.7 Å². The number of hydrogen-bond acceptors (Lipinski definition) is 6. The van der Waals surface area contributed by atoms with Crippen molar-refractivity contribution < 1.29 is 14.3 Å². The van der Waals surface area contributed by atoms with Gasteiger partial charge in [0.15, 0.2) is 0 Å². The van der Waals surface area contributed by atoms with Crippen LogP contribution in [0.2, 0.25) is 0 Å². The van der Waals surface area contributed by atoms with E-state index in [4.69, 9.17) is 15.2 Å². The van der Waals surface area contributed by atoms with Gasteiger partial charge in [-0.15, -0.1) is 0 Å². The normalized spacial score (nSPS) is 11.7. The Bertz CT molecular complexity index is 975. The molecule has 150 valence electrons. The van der Waals surface area contributed by atoms with E-state index >= 15 is 0 Å². The molecule has 29 heavy (non-hydrogen) atoms. The summed E-state index contributed by atoms with van der Waals surface area (Å²) in [5, 5.41) is 2.96. The Labute approximate surface area is 169 Å². The Kier molecular flexibility index (Phi) is 6.41. The number of nitrogens with zero attached hydrogens (tertiary/aromatic N) is 2. The molecule has 0 aliphatic rings. The maximum atomic E-state index is 12.7. The highest BCUT2D eigenvalue weighted by molar-refractivity contribution is 5.95. The number of ether oxygens (including phenoxy) is 2. The summed E-state index contributed by atoms with van der Waals surface area (Å²) < 4.78 is 10.6. The number of nitrogens with one attached hydrogen (secondary N) is 1. The summed E-state index contributed by atoms with van der Waals surface area (Å²) in [6.45, 7) is 2.16. The number of amides is 1. The van der Waals surface area contributed by atoms with E-state index < -0.39 is 0 Å². The molecule has 0 saturated carbocycles. The van der Waals surface area contributed by atoms with Gasteiger partial charge in [-0.05, 0) is 42.8 Å². The molecule has 3 rings (SSSR count). The van der Waals surface area contributed by atoms with E-state index in [-0.39, 0.29) is 11.9 Å². The maximum Gasteiger partial charge on any atom is 0.251 e. The average Bonchev–Trinajstić information content (AvgIpc) is 2.74. The van der Waals surface area contributed by atoms with Crippen LogP contribution >= 0.6 is 0 Å². The zero-order valence-corrected chi connectivity index (χ0v) is 16.7. The molecule has 0 fully saturated rings. The van der Waals surface area contributed by atoms with Crippen LogP contribution in [0.1, 0.15) is 27.8 Å². The molecule has 0 radical (unpaired) electrons. The summed E-state index contributed by atoms with van der Waals surface area (Å²) in [5.41, 5.74) is 9.67. The third-order valence-electron chi connectivity index (χ3n) is 4.56. The van der Waals surface area contributed by atoms with Crippen molar-refractivity contribution in [1.82, 2.24) is 15.3 Å². The minimum atomic E-state index is -0.338. The van der Waals surface area contributed by atoms with Crippen molar-refractivity contribution in [3.05, 3.63) is 71.7 Å². The van der Waals surface area contributed by atoms with Gasteiger partial charge in [-0.25, -0.2) is 4.98 Å². The fraction of sp³-hybridized carbons (Fsp3) is 0.227. The van der Waals surface area contributed by atoms with E-state index in [9.17, 15) is 4.79 Å². The van der Waals surface area contributed by atoms with Crippen molar-refractivity contribution in [3.8, 4) is 16.9 Å². The molecule has 0 saturated heterocycles. The molecule has 1 aromatic carbocycles. The van der Waals surface area contributed by atoms with Gasteiger partial charge in [-0.1, -0.05) is 18.2 Å². The Morgan fingerprint density at radius 1 is 1.17 bits per heavy atom. The van der Waals surface area contributed by atoms with Crippen LogP contribution in [-0.2, 0) is 4.74 Å². The van der Waals surface area contributed by atoms with Gasteiger partial charge in [0.05, 0.1) is 31.1 Å². The van der Waals surface area contributed by atoms with E-state index in [1.165, 1.54) is 0 Å². The first kappa shape index (κ1) is 20.3. The molecule has 2 heterocycles.